The van der Waals surface area contributed by atoms with E-state index in [4.69, 9.17) is 14.2 Å². The molecule has 0 saturated heterocycles. The van der Waals surface area contributed by atoms with Gasteiger partial charge in [-0.25, -0.2) is 4.79 Å². The summed E-state index contributed by atoms with van der Waals surface area (Å²) in [5.41, 5.74) is -0.728. The Morgan fingerprint density at radius 1 is 1.20 bits per heavy atom. The van der Waals surface area contributed by atoms with Crippen LogP contribution in [0.25, 0.3) is 0 Å². The molecular formula is C16H18N2O7. The van der Waals surface area contributed by atoms with E-state index in [9.17, 15) is 19.7 Å². The number of ether oxygens (including phenoxy) is 3. The van der Waals surface area contributed by atoms with E-state index in [2.05, 4.69) is 5.32 Å². The highest BCUT2D eigenvalue weighted by Gasteiger charge is 2.28. The molecule has 0 bridgehead atoms. The van der Waals surface area contributed by atoms with Crippen LogP contribution in [0.4, 0.5) is 5.69 Å². The number of esters is 1. The second-order valence-electron chi connectivity index (χ2n) is 5.90. The second-order valence-corrected chi connectivity index (χ2v) is 5.90. The highest BCUT2D eigenvalue weighted by molar-refractivity contribution is 5.96. The van der Waals surface area contributed by atoms with Crippen LogP contribution in [0.3, 0.4) is 0 Å². The Bertz CT molecular complexity index is 698. The lowest BCUT2D eigenvalue weighted by Crippen LogP contribution is -2.36. The van der Waals surface area contributed by atoms with Gasteiger partial charge in [-0.15, -0.1) is 0 Å². The smallest absolute Gasteiger partial charge is 0.345 e. The number of carbonyl (C=O) groups excluding carboxylic acids is 2. The topological polar surface area (TPSA) is 117 Å². The fourth-order valence-electron chi connectivity index (χ4n) is 2.94. The molecule has 1 saturated carbocycles. The zero-order chi connectivity index (χ0) is 17.8. The molecule has 1 aromatic carbocycles. The van der Waals surface area contributed by atoms with E-state index in [-0.39, 0.29) is 36.3 Å². The van der Waals surface area contributed by atoms with Gasteiger partial charge in [-0.3, -0.25) is 14.9 Å². The lowest BCUT2D eigenvalue weighted by Gasteiger charge is -2.18. The van der Waals surface area contributed by atoms with Crippen LogP contribution in [0.2, 0.25) is 0 Å². The minimum Gasteiger partial charge on any atom is -0.486 e. The zero-order valence-corrected chi connectivity index (χ0v) is 13.5. The monoisotopic (exact) mass is 350 g/mol. The largest absolute Gasteiger partial charge is 0.486 e. The Labute approximate surface area is 143 Å². The van der Waals surface area contributed by atoms with E-state index >= 15 is 0 Å². The molecule has 3 rings (SSSR count). The zero-order valence-electron chi connectivity index (χ0n) is 13.5. The van der Waals surface area contributed by atoms with E-state index in [1.807, 2.05) is 0 Å². The third kappa shape index (κ3) is 3.98. The van der Waals surface area contributed by atoms with Crippen molar-refractivity contribution >= 4 is 17.6 Å². The molecule has 0 aromatic heterocycles. The van der Waals surface area contributed by atoms with Crippen LogP contribution >= 0.6 is 0 Å². The lowest BCUT2D eigenvalue weighted by molar-refractivity contribution is -0.385. The fourth-order valence-corrected chi connectivity index (χ4v) is 2.94. The van der Waals surface area contributed by atoms with Gasteiger partial charge in [0.05, 0.1) is 11.0 Å². The Kier molecular flexibility index (Phi) is 5.01. The predicted molar refractivity (Wildman–Crippen MR) is 84.8 cm³/mol. The van der Waals surface area contributed by atoms with Crippen molar-refractivity contribution in [2.75, 3.05) is 19.8 Å². The number of carbonyl (C=O) groups is 2. The van der Waals surface area contributed by atoms with Gasteiger partial charge in [-0.05, 0) is 12.8 Å². The van der Waals surface area contributed by atoms with Gasteiger partial charge >= 0.3 is 5.97 Å². The first-order valence-corrected chi connectivity index (χ1v) is 8.09. The SMILES string of the molecule is O=C(COC(=O)c1cc2c(cc1[N+](=O)[O-])OCCO2)NC1CCCC1. The summed E-state index contributed by atoms with van der Waals surface area (Å²) in [7, 11) is 0. The molecule has 1 aliphatic heterocycles. The van der Waals surface area contributed by atoms with Gasteiger partial charge in [0, 0.05) is 12.1 Å². The van der Waals surface area contributed by atoms with Gasteiger partial charge < -0.3 is 19.5 Å². The van der Waals surface area contributed by atoms with Crippen LogP contribution < -0.4 is 14.8 Å². The van der Waals surface area contributed by atoms with Crippen molar-refractivity contribution in [2.45, 2.75) is 31.7 Å². The van der Waals surface area contributed by atoms with Crippen molar-refractivity contribution in [3.8, 4) is 11.5 Å². The summed E-state index contributed by atoms with van der Waals surface area (Å²) in [6.07, 6.45) is 3.95. The number of nitrogens with zero attached hydrogens (tertiary/aromatic N) is 1. The highest BCUT2D eigenvalue weighted by Crippen LogP contribution is 2.36. The molecular weight excluding hydrogens is 332 g/mol. The normalized spacial score (nSPS) is 16.3. The maximum absolute atomic E-state index is 12.2. The summed E-state index contributed by atoms with van der Waals surface area (Å²) in [5.74, 6) is -0.932. The summed E-state index contributed by atoms with van der Waals surface area (Å²) in [5, 5.41) is 14.0. The highest BCUT2D eigenvalue weighted by atomic mass is 16.6. The quantitative estimate of drug-likeness (QED) is 0.487. The number of nitro benzene ring substituents is 1. The van der Waals surface area contributed by atoms with Crippen LogP contribution in [0.5, 0.6) is 11.5 Å². The molecule has 9 heteroatoms. The number of nitro groups is 1. The van der Waals surface area contributed by atoms with E-state index in [0.717, 1.165) is 31.7 Å². The number of amides is 1. The van der Waals surface area contributed by atoms with Gasteiger partial charge in [0.25, 0.3) is 11.6 Å². The number of hydrogen-bond acceptors (Lipinski definition) is 7. The Balaban J connectivity index is 1.68. The first-order valence-electron chi connectivity index (χ1n) is 8.09. The van der Waals surface area contributed by atoms with Gasteiger partial charge in [-0.2, -0.15) is 0 Å². The number of nitrogens with one attached hydrogen (secondary N) is 1. The molecule has 1 heterocycles. The van der Waals surface area contributed by atoms with Crippen LogP contribution in [-0.4, -0.2) is 42.7 Å². The molecule has 9 nitrogen and oxygen atoms in total. The van der Waals surface area contributed by atoms with Crippen molar-refractivity contribution in [1.29, 1.82) is 0 Å². The van der Waals surface area contributed by atoms with Crippen molar-refractivity contribution in [1.82, 2.24) is 5.32 Å². The third-order valence-electron chi connectivity index (χ3n) is 4.13. The Morgan fingerprint density at radius 2 is 1.84 bits per heavy atom. The van der Waals surface area contributed by atoms with E-state index in [1.54, 1.807) is 0 Å². The fraction of sp³-hybridized carbons (Fsp3) is 0.500. The molecule has 1 amide bonds. The Hall–Kier alpha value is -2.84. The van der Waals surface area contributed by atoms with E-state index in [1.165, 1.54) is 6.07 Å². The standard InChI is InChI=1S/C16H18N2O7/c19-15(17-10-3-1-2-4-10)9-25-16(20)11-7-13-14(24-6-5-23-13)8-12(11)18(21)22/h7-8,10H,1-6,9H2,(H,17,19). The van der Waals surface area contributed by atoms with Crippen molar-refractivity contribution in [3.63, 3.8) is 0 Å². The summed E-state index contributed by atoms with van der Waals surface area (Å²) in [6, 6.07) is 2.45. The molecule has 25 heavy (non-hydrogen) atoms. The van der Waals surface area contributed by atoms with Gasteiger partial charge in [-0.1, -0.05) is 12.8 Å². The molecule has 0 atom stereocenters. The molecule has 134 valence electrons. The second kappa shape index (κ2) is 7.37. The van der Waals surface area contributed by atoms with Gasteiger partial charge in [0.1, 0.15) is 18.8 Å². The molecule has 1 aliphatic carbocycles. The molecule has 0 unspecified atom stereocenters. The first kappa shape index (κ1) is 17.0. The molecule has 1 aromatic rings. The molecule has 0 radical (unpaired) electrons. The number of rotatable bonds is 5. The van der Waals surface area contributed by atoms with Crippen LogP contribution in [-0.2, 0) is 9.53 Å². The van der Waals surface area contributed by atoms with Gasteiger partial charge in [0.15, 0.2) is 18.1 Å². The predicted octanol–water partition coefficient (Wildman–Crippen LogP) is 1.58. The maximum atomic E-state index is 12.2. The summed E-state index contributed by atoms with van der Waals surface area (Å²) >= 11 is 0. The maximum Gasteiger partial charge on any atom is 0.345 e. The number of hydrogen-bond donors (Lipinski definition) is 1. The van der Waals surface area contributed by atoms with Crippen molar-refractivity contribution in [2.24, 2.45) is 0 Å². The van der Waals surface area contributed by atoms with E-state index < -0.39 is 29.1 Å². The average molecular weight is 350 g/mol. The third-order valence-corrected chi connectivity index (χ3v) is 4.13. The number of benzene rings is 1. The van der Waals surface area contributed by atoms with Crippen LogP contribution in [0, 0.1) is 10.1 Å². The number of fused-ring (bicyclic) bond motifs is 1. The first-order chi connectivity index (χ1) is 12.0. The molecule has 0 spiro atoms. The van der Waals surface area contributed by atoms with Crippen molar-refractivity contribution < 1.29 is 28.7 Å². The molecule has 2 aliphatic rings. The van der Waals surface area contributed by atoms with Crippen LogP contribution in [0.15, 0.2) is 12.1 Å². The van der Waals surface area contributed by atoms with Gasteiger partial charge in [0.2, 0.25) is 0 Å². The Morgan fingerprint density at radius 3 is 2.48 bits per heavy atom. The average Bonchev–Trinajstić information content (AvgIpc) is 3.11. The molecule has 1 N–H and O–H groups in total. The summed E-state index contributed by atoms with van der Waals surface area (Å²) in [6.45, 7) is 0.0688. The van der Waals surface area contributed by atoms with Crippen LogP contribution in [0.1, 0.15) is 36.0 Å². The molecule has 1 fully saturated rings. The van der Waals surface area contributed by atoms with E-state index in [0.29, 0.717) is 0 Å². The minimum absolute atomic E-state index is 0.106. The van der Waals surface area contributed by atoms with Crippen molar-refractivity contribution in [3.05, 3.63) is 27.8 Å². The lowest BCUT2D eigenvalue weighted by atomic mass is 10.1. The summed E-state index contributed by atoms with van der Waals surface area (Å²) < 4.78 is 15.5. The minimum atomic E-state index is -0.953. The summed E-state index contributed by atoms with van der Waals surface area (Å²) in [4.78, 5) is 34.5.